The molecule has 0 fully saturated rings. The first-order valence-corrected chi connectivity index (χ1v) is 18.1. The van der Waals surface area contributed by atoms with Gasteiger partial charge in [-0.15, -0.1) is 0 Å². The number of nitrogens with two attached hydrogens (primary N) is 1. The molecule has 40 heavy (non-hydrogen) atoms. The van der Waals surface area contributed by atoms with Crippen molar-refractivity contribution in [2.24, 2.45) is 0 Å². The Bertz CT molecular complexity index is 467. The second kappa shape index (κ2) is 36.8. The summed E-state index contributed by atoms with van der Waals surface area (Å²) in [6, 6.07) is 0. The van der Waals surface area contributed by atoms with Gasteiger partial charge in [-0.25, -0.2) is 14.9 Å². The third-order valence-corrected chi connectivity index (χ3v) is 8.38. The van der Waals surface area contributed by atoms with E-state index < -0.39 is 0 Å². The van der Waals surface area contributed by atoms with E-state index in [4.69, 9.17) is 0 Å². The van der Waals surface area contributed by atoms with Crippen molar-refractivity contribution in [3.05, 3.63) is 0 Å². The minimum atomic E-state index is 0. The maximum absolute atomic E-state index is 12.1. The average Bonchev–Trinajstić information content (AvgIpc) is 2.93. The predicted octanol–water partition coefficient (Wildman–Crippen LogP) is 8.13. The first-order valence-electron chi connectivity index (χ1n) is 18.1. The molecule has 0 saturated heterocycles. The van der Waals surface area contributed by atoms with E-state index in [1.165, 1.54) is 172 Å². The maximum Gasteiger partial charge on any atom is 0.317 e. The maximum atomic E-state index is 12.1. The third kappa shape index (κ3) is 35.8. The van der Waals surface area contributed by atoms with E-state index >= 15 is 0 Å². The minimum absolute atomic E-state index is 0. The van der Waals surface area contributed by atoms with Crippen LogP contribution in [0.15, 0.2) is 0 Å². The molecule has 0 aromatic heterocycles. The summed E-state index contributed by atoms with van der Waals surface area (Å²) < 4.78 is 0. The highest BCUT2D eigenvalue weighted by molar-refractivity contribution is 5.78. The lowest BCUT2D eigenvalue weighted by Gasteiger charge is -2.04. The van der Waals surface area contributed by atoms with Gasteiger partial charge in [0, 0.05) is 0 Å². The fraction of sp³-hybridized carbons (Fsp3) is 0.944. The van der Waals surface area contributed by atoms with Crippen molar-refractivity contribution in [1.82, 2.24) is 0 Å². The summed E-state index contributed by atoms with van der Waals surface area (Å²) in [5.74, 6) is 0.103. The number of unbranched alkanes of at least 4 members (excludes halogenated alkanes) is 28. The van der Waals surface area contributed by atoms with Crippen LogP contribution in [0.3, 0.4) is 0 Å². The summed E-state index contributed by atoms with van der Waals surface area (Å²) in [5.41, 5.74) is 0. The quantitative estimate of drug-likeness (QED) is 0.0764. The molecule has 0 saturated carbocycles. The number of quaternary nitrogens is 1. The van der Waals surface area contributed by atoms with Gasteiger partial charge in [0.2, 0.25) is 0 Å². The zero-order valence-electron chi connectivity index (χ0n) is 27.4. The van der Waals surface area contributed by atoms with Crippen molar-refractivity contribution < 1.29 is 31.9 Å². The molecule has 0 aliphatic rings. The molecule has 0 unspecified atom stereocenters. The summed E-state index contributed by atoms with van der Waals surface area (Å²) in [5, 5.41) is 1.40. The van der Waals surface area contributed by atoms with E-state index in [1.807, 2.05) is 0 Å². The number of halogens is 1. The van der Waals surface area contributed by atoms with Gasteiger partial charge in [-0.3, -0.25) is 0 Å². The van der Waals surface area contributed by atoms with Crippen molar-refractivity contribution in [2.45, 2.75) is 219 Å². The first kappa shape index (κ1) is 41.9. The molecule has 0 bridgehead atoms. The first-order chi connectivity index (χ1) is 19.2. The lowest BCUT2D eigenvalue weighted by atomic mass is 10.0. The molecule has 0 spiro atoms. The molecule has 0 radical (unpaired) electrons. The lowest BCUT2D eigenvalue weighted by molar-refractivity contribution is -0.488. The Hall–Kier alpha value is -0.220. The van der Waals surface area contributed by atoms with Gasteiger partial charge in [0.05, 0.1) is 12.8 Å². The Balaban J connectivity index is 0. The standard InChI is InChI=1S/C36H71NO2.BrH/c1-3-5-7-9-11-13-15-17-19-21-23-25-27-29-31-33-35(38)37-36(39)34-32-30-28-26-24-22-20-18-16-14-12-10-8-6-4-2;/h3-34H2,1-2H3,(H,37,38,39);1H. The number of carbonyl (C=O) groups excluding carboxylic acids is 2. The summed E-state index contributed by atoms with van der Waals surface area (Å²) in [6.07, 6.45) is 41.1. The normalized spacial score (nSPS) is 11.1. The number of amides is 2. The Labute approximate surface area is 262 Å². The van der Waals surface area contributed by atoms with Gasteiger partial charge < -0.3 is 17.0 Å². The average molecular weight is 631 g/mol. The van der Waals surface area contributed by atoms with Crippen LogP contribution >= 0.6 is 0 Å². The molecule has 0 aromatic carbocycles. The third-order valence-electron chi connectivity index (χ3n) is 8.38. The molecular formula is C36H72BrNO2. The molecule has 0 atom stereocenters. The monoisotopic (exact) mass is 629 g/mol. The van der Waals surface area contributed by atoms with Gasteiger partial charge in [0.15, 0.2) is 0 Å². The van der Waals surface area contributed by atoms with Crippen molar-refractivity contribution in [3.8, 4) is 0 Å². The van der Waals surface area contributed by atoms with Crippen LogP contribution in [-0.4, -0.2) is 11.8 Å². The van der Waals surface area contributed by atoms with Crippen LogP contribution in [0.5, 0.6) is 0 Å². The molecule has 2 N–H and O–H groups in total. The molecule has 0 rings (SSSR count). The molecule has 0 heterocycles. The summed E-state index contributed by atoms with van der Waals surface area (Å²) >= 11 is 0. The van der Waals surface area contributed by atoms with Gasteiger partial charge in [-0.1, -0.05) is 194 Å². The smallest absolute Gasteiger partial charge is 0.317 e. The van der Waals surface area contributed by atoms with E-state index in [1.54, 1.807) is 0 Å². The number of primary amides is 2. The van der Waals surface area contributed by atoms with Crippen molar-refractivity contribution in [3.63, 3.8) is 0 Å². The molecule has 4 heteroatoms. The number of carbonyl (C=O) groups is 2. The fourth-order valence-corrected chi connectivity index (χ4v) is 5.66. The molecule has 3 nitrogen and oxygen atoms in total. The van der Waals surface area contributed by atoms with Crippen molar-refractivity contribution in [2.75, 3.05) is 0 Å². The molecule has 240 valence electrons. The largest absolute Gasteiger partial charge is 1.00 e. The topological polar surface area (TPSA) is 50.8 Å². The van der Waals surface area contributed by atoms with Gasteiger partial charge in [-0.05, 0) is 12.8 Å². The minimum Gasteiger partial charge on any atom is -1.00 e. The highest BCUT2D eigenvalue weighted by Gasteiger charge is 2.12. The number of hydrogen-bond acceptors (Lipinski definition) is 2. The zero-order valence-corrected chi connectivity index (χ0v) is 29.0. The van der Waals surface area contributed by atoms with E-state index in [2.05, 4.69) is 13.8 Å². The van der Waals surface area contributed by atoms with E-state index in [0.29, 0.717) is 12.8 Å². The van der Waals surface area contributed by atoms with E-state index in [-0.39, 0.29) is 28.8 Å². The van der Waals surface area contributed by atoms with Crippen LogP contribution < -0.4 is 22.3 Å². The fourth-order valence-electron chi connectivity index (χ4n) is 5.66. The van der Waals surface area contributed by atoms with Crippen molar-refractivity contribution in [1.29, 1.82) is 0 Å². The summed E-state index contributed by atoms with van der Waals surface area (Å²) in [6.45, 7) is 4.56. The Morgan fingerprint density at radius 1 is 0.325 bits per heavy atom. The van der Waals surface area contributed by atoms with Crippen LogP contribution in [0.1, 0.15) is 219 Å². The SMILES string of the molecule is CCCCCCCCCCCCCCCCCC(=O)[NH2+]C(=O)CCCCCCCCCCCCCCCCC.[Br-]. The number of imide groups is 1. The van der Waals surface area contributed by atoms with Crippen molar-refractivity contribution >= 4 is 11.8 Å². The highest BCUT2D eigenvalue weighted by Crippen LogP contribution is 2.15. The predicted molar refractivity (Wildman–Crippen MR) is 171 cm³/mol. The van der Waals surface area contributed by atoms with Crippen LogP contribution in [0, 0.1) is 0 Å². The number of hydrogen-bond donors (Lipinski definition) is 1. The zero-order chi connectivity index (χ0) is 28.5. The van der Waals surface area contributed by atoms with Gasteiger partial charge in [-0.2, -0.15) is 0 Å². The lowest BCUT2D eigenvalue weighted by Crippen LogP contribution is -3.00. The van der Waals surface area contributed by atoms with E-state index in [0.717, 1.165) is 25.7 Å². The molecule has 0 aliphatic carbocycles. The molecular weight excluding hydrogens is 558 g/mol. The Kier molecular flexibility index (Phi) is 38.6. The van der Waals surface area contributed by atoms with Gasteiger partial charge in [0.1, 0.15) is 0 Å². The number of rotatable bonds is 32. The van der Waals surface area contributed by atoms with Gasteiger partial charge in [0.25, 0.3) is 0 Å². The second-order valence-electron chi connectivity index (χ2n) is 12.5. The highest BCUT2D eigenvalue weighted by atomic mass is 79.9. The molecule has 2 amide bonds. The van der Waals surface area contributed by atoms with Crippen LogP contribution in [0.2, 0.25) is 0 Å². The summed E-state index contributed by atoms with van der Waals surface area (Å²) in [4.78, 5) is 24.1. The Morgan fingerprint density at radius 3 is 0.700 bits per heavy atom. The second-order valence-corrected chi connectivity index (χ2v) is 12.5. The molecule has 0 aromatic rings. The van der Waals surface area contributed by atoms with Crippen LogP contribution in [-0.2, 0) is 9.59 Å². The summed E-state index contributed by atoms with van der Waals surface area (Å²) in [7, 11) is 0. The van der Waals surface area contributed by atoms with Crippen LogP contribution in [0.25, 0.3) is 0 Å². The van der Waals surface area contributed by atoms with E-state index in [9.17, 15) is 9.59 Å². The Morgan fingerprint density at radius 2 is 0.500 bits per heavy atom. The van der Waals surface area contributed by atoms with Crippen LogP contribution in [0.4, 0.5) is 0 Å². The molecule has 0 aliphatic heterocycles. The van der Waals surface area contributed by atoms with Gasteiger partial charge >= 0.3 is 11.8 Å².